The molecule has 1 aliphatic heterocycles. The molecule has 0 radical (unpaired) electrons. The van der Waals surface area contributed by atoms with Crippen LogP contribution in [0.4, 0.5) is 9.93 Å². The maximum atomic E-state index is 12.0. The van der Waals surface area contributed by atoms with E-state index >= 15 is 0 Å². The number of hydrogen-bond donors (Lipinski definition) is 3. The molecular formula is C13H19N3O4S. The number of carbonyl (C=O) groups excluding carboxylic acids is 1. The smallest absolute Gasteiger partial charge is 0.321 e. The molecule has 0 unspecified atom stereocenters. The van der Waals surface area contributed by atoms with Crippen LogP contribution in [0.5, 0.6) is 0 Å². The third kappa shape index (κ3) is 4.68. The highest BCUT2D eigenvalue weighted by Crippen LogP contribution is 2.27. The largest absolute Gasteiger partial charge is 0.481 e. The van der Waals surface area contributed by atoms with Gasteiger partial charge in [-0.1, -0.05) is 11.3 Å². The summed E-state index contributed by atoms with van der Waals surface area (Å²) in [5.41, 5.74) is 0.384. The molecule has 0 saturated carbocycles. The van der Waals surface area contributed by atoms with Crippen molar-refractivity contribution < 1.29 is 19.4 Å². The second kappa shape index (κ2) is 6.40. The lowest BCUT2D eigenvalue weighted by molar-refractivity contribution is -0.137. The van der Waals surface area contributed by atoms with Gasteiger partial charge in [0, 0.05) is 18.4 Å². The highest BCUT2D eigenvalue weighted by Gasteiger charge is 2.23. The number of carboxylic acid groups (broad SMARTS) is 1. The quantitative estimate of drug-likeness (QED) is 0.771. The van der Waals surface area contributed by atoms with Gasteiger partial charge in [0.15, 0.2) is 5.13 Å². The van der Waals surface area contributed by atoms with Gasteiger partial charge in [0.2, 0.25) is 0 Å². The van der Waals surface area contributed by atoms with Gasteiger partial charge in [0.05, 0.1) is 23.8 Å². The lowest BCUT2D eigenvalue weighted by atomic mass is 9.99. The van der Waals surface area contributed by atoms with Crippen molar-refractivity contribution in [1.82, 2.24) is 10.3 Å². The Morgan fingerprint density at radius 2 is 2.24 bits per heavy atom. The molecule has 21 heavy (non-hydrogen) atoms. The van der Waals surface area contributed by atoms with E-state index in [0.717, 1.165) is 17.0 Å². The predicted octanol–water partition coefficient (Wildman–Crippen LogP) is 1.98. The third-order valence-electron chi connectivity index (χ3n) is 3.13. The van der Waals surface area contributed by atoms with Crippen LogP contribution in [-0.4, -0.2) is 34.2 Å². The zero-order valence-electron chi connectivity index (χ0n) is 12.1. The number of aromatic nitrogens is 1. The summed E-state index contributed by atoms with van der Waals surface area (Å²) in [5.74, 6) is -0.877. The summed E-state index contributed by atoms with van der Waals surface area (Å²) in [4.78, 5) is 27.9. The second-order valence-electron chi connectivity index (χ2n) is 5.55. The number of nitrogens with zero attached hydrogens (tertiary/aromatic N) is 1. The lowest BCUT2D eigenvalue weighted by Gasteiger charge is -2.25. The van der Waals surface area contributed by atoms with Crippen LogP contribution in [0.25, 0.3) is 0 Å². The molecule has 1 aromatic rings. The standard InChI is InChI=1S/C13H19N3O4S/c1-13(2,5-3-10(17)18)16-11(19)15-12-14-8-4-6-20-7-9(8)21-12/h3-7H2,1-2H3,(H,17,18)(H2,14,15,16,19). The normalized spacial score (nSPS) is 14.4. The fourth-order valence-corrected chi connectivity index (χ4v) is 2.94. The number of amides is 2. The SMILES string of the molecule is CC(C)(CCC(=O)O)NC(=O)Nc1nc2c(s1)COCC2. The molecule has 0 fully saturated rings. The molecule has 116 valence electrons. The maximum absolute atomic E-state index is 12.0. The van der Waals surface area contributed by atoms with E-state index in [0.29, 0.717) is 24.8 Å². The van der Waals surface area contributed by atoms with Crippen molar-refractivity contribution in [2.24, 2.45) is 0 Å². The minimum Gasteiger partial charge on any atom is -0.481 e. The Labute approximate surface area is 126 Å². The van der Waals surface area contributed by atoms with Gasteiger partial charge in [-0.2, -0.15) is 0 Å². The first kappa shape index (κ1) is 15.7. The van der Waals surface area contributed by atoms with Gasteiger partial charge in [0.1, 0.15) is 0 Å². The monoisotopic (exact) mass is 313 g/mol. The summed E-state index contributed by atoms with van der Waals surface area (Å²) >= 11 is 1.41. The molecule has 1 aliphatic rings. The zero-order chi connectivity index (χ0) is 15.5. The van der Waals surface area contributed by atoms with Crippen molar-refractivity contribution in [2.75, 3.05) is 11.9 Å². The first-order valence-electron chi connectivity index (χ1n) is 6.73. The van der Waals surface area contributed by atoms with Crippen LogP contribution in [0.1, 0.15) is 37.3 Å². The van der Waals surface area contributed by atoms with Gasteiger partial charge >= 0.3 is 12.0 Å². The Morgan fingerprint density at radius 1 is 1.48 bits per heavy atom. The topological polar surface area (TPSA) is 101 Å². The molecule has 0 aliphatic carbocycles. The van der Waals surface area contributed by atoms with Gasteiger partial charge in [-0.05, 0) is 20.3 Å². The number of ether oxygens (including phenoxy) is 1. The van der Waals surface area contributed by atoms with Crippen LogP contribution in [0.2, 0.25) is 0 Å². The third-order valence-corrected chi connectivity index (χ3v) is 4.12. The van der Waals surface area contributed by atoms with Crippen LogP contribution in [0.15, 0.2) is 0 Å². The number of urea groups is 1. The van der Waals surface area contributed by atoms with Crippen molar-refractivity contribution in [3.05, 3.63) is 10.6 Å². The molecule has 7 nitrogen and oxygen atoms in total. The van der Waals surface area contributed by atoms with Crippen molar-refractivity contribution in [3.63, 3.8) is 0 Å². The van der Waals surface area contributed by atoms with E-state index < -0.39 is 11.5 Å². The highest BCUT2D eigenvalue weighted by atomic mass is 32.1. The molecule has 2 heterocycles. The number of aliphatic carboxylic acids is 1. The molecule has 0 spiro atoms. The summed E-state index contributed by atoms with van der Waals surface area (Å²) in [5, 5.41) is 14.7. The number of fused-ring (bicyclic) bond motifs is 1. The van der Waals surface area contributed by atoms with Crippen LogP contribution < -0.4 is 10.6 Å². The Kier molecular flexibility index (Phi) is 4.79. The van der Waals surface area contributed by atoms with E-state index in [1.54, 1.807) is 13.8 Å². The van der Waals surface area contributed by atoms with Gasteiger partial charge < -0.3 is 15.2 Å². The molecule has 2 rings (SSSR count). The Hall–Kier alpha value is -1.67. The average Bonchev–Trinajstić information content (AvgIpc) is 2.77. The summed E-state index contributed by atoms with van der Waals surface area (Å²) in [6, 6.07) is -0.377. The van der Waals surface area contributed by atoms with E-state index in [1.165, 1.54) is 11.3 Å². The maximum Gasteiger partial charge on any atom is 0.321 e. The number of hydrogen-bond acceptors (Lipinski definition) is 5. The molecule has 0 aromatic carbocycles. The van der Waals surface area contributed by atoms with E-state index in [9.17, 15) is 9.59 Å². The fraction of sp³-hybridized carbons (Fsp3) is 0.615. The molecule has 0 atom stereocenters. The lowest BCUT2D eigenvalue weighted by Crippen LogP contribution is -2.45. The number of rotatable bonds is 5. The van der Waals surface area contributed by atoms with E-state index in [1.807, 2.05) is 0 Å². The van der Waals surface area contributed by atoms with Crippen LogP contribution in [-0.2, 0) is 22.6 Å². The molecule has 1 aromatic heterocycles. The van der Waals surface area contributed by atoms with E-state index in [-0.39, 0.29) is 12.5 Å². The Balaban J connectivity index is 1.89. The van der Waals surface area contributed by atoms with Gasteiger partial charge in [-0.15, -0.1) is 0 Å². The van der Waals surface area contributed by atoms with Crippen LogP contribution in [0, 0.1) is 0 Å². The minimum absolute atomic E-state index is 0.0101. The second-order valence-corrected chi connectivity index (χ2v) is 6.63. The summed E-state index contributed by atoms with van der Waals surface area (Å²) in [6.45, 7) is 4.78. The first-order valence-corrected chi connectivity index (χ1v) is 7.55. The van der Waals surface area contributed by atoms with Crippen molar-refractivity contribution in [1.29, 1.82) is 0 Å². The van der Waals surface area contributed by atoms with E-state index in [2.05, 4.69) is 15.6 Å². The number of anilines is 1. The van der Waals surface area contributed by atoms with Crippen molar-refractivity contribution in [2.45, 2.75) is 45.3 Å². The molecule has 8 heteroatoms. The first-order chi connectivity index (χ1) is 9.85. The minimum atomic E-state index is -0.877. The summed E-state index contributed by atoms with van der Waals surface area (Å²) in [7, 11) is 0. The Morgan fingerprint density at radius 3 is 2.90 bits per heavy atom. The van der Waals surface area contributed by atoms with Crippen molar-refractivity contribution >= 4 is 28.5 Å². The molecule has 3 N–H and O–H groups in total. The molecule has 0 saturated heterocycles. The van der Waals surface area contributed by atoms with Crippen LogP contribution in [0.3, 0.4) is 0 Å². The van der Waals surface area contributed by atoms with Gasteiger partial charge in [-0.25, -0.2) is 9.78 Å². The van der Waals surface area contributed by atoms with Crippen molar-refractivity contribution in [3.8, 4) is 0 Å². The zero-order valence-corrected chi connectivity index (χ0v) is 12.9. The molecular weight excluding hydrogens is 294 g/mol. The van der Waals surface area contributed by atoms with Gasteiger partial charge in [0.25, 0.3) is 0 Å². The van der Waals surface area contributed by atoms with Crippen LogP contribution >= 0.6 is 11.3 Å². The predicted molar refractivity (Wildman–Crippen MR) is 78.6 cm³/mol. The average molecular weight is 313 g/mol. The number of thiazole rings is 1. The highest BCUT2D eigenvalue weighted by molar-refractivity contribution is 7.15. The fourth-order valence-electron chi connectivity index (χ4n) is 2.00. The number of carbonyl (C=O) groups is 2. The Bertz CT molecular complexity index is 518. The molecule has 2 amide bonds. The summed E-state index contributed by atoms with van der Waals surface area (Å²) < 4.78 is 5.34. The summed E-state index contributed by atoms with van der Waals surface area (Å²) in [6.07, 6.45) is 1.13. The number of carboxylic acids is 1. The van der Waals surface area contributed by atoms with Gasteiger partial charge in [-0.3, -0.25) is 10.1 Å². The number of nitrogens with one attached hydrogen (secondary N) is 2. The molecule has 0 bridgehead atoms. The van der Waals surface area contributed by atoms with E-state index in [4.69, 9.17) is 9.84 Å².